The van der Waals surface area contributed by atoms with Gasteiger partial charge < -0.3 is 20.5 Å². The van der Waals surface area contributed by atoms with E-state index in [0.717, 1.165) is 40.6 Å². The molecular formula is C32H29N7O. The van der Waals surface area contributed by atoms with Crippen LogP contribution < -0.4 is 16.0 Å². The zero-order chi connectivity index (χ0) is 27.3. The first-order chi connectivity index (χ1) is 19.6. The van der Waals surface area contributed by atoms with Crippen molar-refractivity contribution < 1.29 is 4.79 Å². The molecule has 1 atom stereocenters. The minimum atomic E-state index is -0.579. The molecule has 0 radical (unpaired) electrons. The molecule has 1 unspecified atom stereocenters. The zero-order valence-corrected chi connectivity index (χ0v) is 21.9. The van der Waals surface area contributed by atoms with Crippen LogP contribution in [0.3, 0.4) is 0 Å². The molecular weight excluding hydrogens is 498 g/mol. The smallest absolute Gasteiger partial charge is 0.243 e. The fraction of sp³-hybridized carbons (Fsp3) is 0.188. The second kappa shape index (κ2) is 11.3. The summed E-state index contributed by atoms with van der Waals surface area (Å²) in [6, 6.07) is 27.3. The van der Waals surface area contributed by atoms with Crippen molar-refractivity contribution in [3.63, 3.8) is 0 Å². The molecule has 40 heavy (non-hydrogen) atoms. The van der Waals surface area contributed by atoms with Gasteiger partial charge in [-0.1, -0.05) is 66.7 Å². The summed E-state index contributed by atoms with van der Waals surface area (Å²) in [5, 5.41) is 12.2. The minimum absolute atomic E-state index is 0.139. The van der Waals surface area contributed by atoms with Gasteiger partial charge in [-0.2, -0.15) is 9.97 Å². The predicted molar refractivity (Wildman–Crippen MR) is 158 cm³/mol. The van der Waals surface area contributed by atoms with Crippen molar-refractivity contribution in [2.24, 2.45) is 0 Å². The van der Waals surface area contributed by atoms with E-state index in [1.54, 1.807) is 12.1 Å². The van der Waals surface area contributed by atoms with Gasteiger partial charge in [-0.3, -0.25) is 4.79 Å². The van der Waals surface area contributed by atoms with Gasteiger partial charge in [0, 0.05) is 37.5 Å². The first-order valence-electron chi connectivity index (χ1n) is 13.4. The molecule has 1 amide bonds. The molecule has 2 aromatic heterocycles. The second-order valence-electron chi connectivity index (χ2n) is 10.0. The number of nitrogens with one attached hydrogen (secondary N) is 3. The van der Waals surface area contributed by atoms with Crippen molar-refractivity contribution in [2.45, 2.75) is 37.9 Å². The highest BCUT2D eigenvalue weighted by Crippen LogP contribution is 2.25. The lowest BCUT2D eigenvalue weighted by Crippen LogP contribution is -2.41. The van der Waals surface area contributed by atoms with Crippen LogP contribution in [0.15, 0.2) is 97.3 Å². The molecule has 5 aromatic rings. The summed E-state index contributed by atoms with van der Waals surface area (Å²) in [6.45, 7) is 7.51. The fourth-order valence-electron chi connectivity index (χ4n) is 4.59. The van der Waals surface area contributed by atoms with Crippen LogP contribution in [0.2, 0.25) is 0 Å². The maximum Gasteiger partial charge on any atom is 0.243 e. The number of anilines is 2. The number of aromatic nitrogens is 3. The van der Waals surface area contributed by atoms with Crippen LogP contribution in [-0.2, 0) is 17.8 Å². The molecule has 6 rings (SSSR count). The minimum Gasteiger partial charge on any atom is -0.358 e. The molecule has 0 bridgehead atoms. The van der Waals surface area contributed by atoms with E-state index < -0.39 is 6.04 Å². The fourth-order valence-corrected chi connectivity index (χ4v) is 4.59. The Morgan fingerprint density at radius 3 is 2.42 bits per heavy atom. The van der Waals surface area contributed by atoms with E-state index in [1.807, 2.05) is 59.4 Å². The van der Waals surface area contributed by atoms with Gasteiger partial charge in [0.1, 0.15) is 17.7 Å². The van der Waals surface area contributed by atoms with Crippen molar-refractivity contribution in [2.75, 3.05) is 10.6 Å². The van der Waals surface area contributed by atoms with Crippen LogP contribution in [0, 0.1) is 6.57 Å². The number of amides is 1. The summed E-state index contributed by atoms with van der Waals surface area (Å²) >= 11 is 0. The Labute approximate surface area is 232 Å². The molecule has 198 valence electrons. The van der Waals surface area contributed by atoms with Gasteiger partial charge in [-0.25, -0.2) is 4.85 Å². The number of rotatable bonds is 10. The lowest BCUT2D eigenvalue weighted by atomic mass is 10.0. The number of fused-ring (bicyclic) bond motifs is 1. The number of hydrogen-bond donors (Lipinski definition) is 3. The maximum atomic E-state index is 13.6. The Morgan fingerprint density at radius 2 is 1.68 bits per heavy atom. The van der Waals surface area contributed by atoms with Crippen LogP contribution >= 0.6 is 0 Å². The molecule has 0 saturated heterocycles. The molecule has 3 N–H and O–H groups in total. The molecule has 1 saturated carbocycles. The van der Waals surface area contributed by atoms with E-state index >= 15 is 0 Å². The van der Waals surface area contributed by atoms with Gasteiger partial charge in [-0.15, -0.1) is 0 Å². The van der Waals surface area contributed by atoms with Crippen molar-refractivity contribution in [1.82, 2.24) is 19.9 Å². The molecule has 0 aliphatic heterocycles. The Morgan fingerprint density at radius 1 is 0.925 bits per heavy atom. The van der Waals surface area contributed by atoms with Crippen LogP contribution in [0.5, 0.6) is 0 Å². The van der Waals surface area contributed by atoms with Crippen LogP contribution in [0.25, 0.3) is 21.4 Å². The highest BCUT2D eigenvalue weighted by atomic mass is 16.2. The van der Waals surface area contributed by atoms with Crippen LogP contribution in [0.4, 0.5) is 17.5 Å². The van der Waals surface area contributed by atoms with Gasteiger partial charge in [0.2, 0.25) is 11.9 Å². The van der Waals surface area contributed by atoms with Crippen LogP contribution in [-0.4, -0.2) is 32.5 Å². The normalized spacial score (nSPS) is 13.4. The Hall–Kier alpha value is -5.16. The van der Waals surface area contributed by atoms with E-state index in [1.165, 1.54) is 0 Å². The largest absolute Gasteiger partial charge is 0.358 e. The monoisotopic (exact) mass is 527 g/mol. The van der Waals surface area contributed by atoms with Crippen molar-refractivity contribution >= 4 is 34.1 Å². The highest BCUT2D eigenvalue weighted by molar-refractivity contribution is 5.86. The number of carbonyl (C=O) groups excluding carboxylic acids is 1. The van der Waals surface area contributed by atoms with Crippen molar-refractivity contribution in [3.05, 3.63) is 120 Å². The zero-order valence-electron chi connectivity index (χ0n) is 21.9. The number of nitrogens with zero attached hydrogens (tertiary/aromatic N) is 4. The first kappa shape index (κ1) is 25.1. The molecule has 2 heterocycles. The number of carbonyl (C=O) groups is 1. The average molecular weight is 528 g/mol. The third-order valence-electron chi connectivity index (χ3n) is 6.92. The quantitative estimate of drug-likeness (QED) is 0.197. The predicted octanol–water partition coefficient (Wildman–Crippen LogP) is 5.89. The summed E-state index contributed by atoms with van der Waals surface area (Å²) in [6.07, 6.45) is 6.55. The molecule has 8 heteroatoms. The molecule has 8 nitrogen and oxygen atoms in total. The van der Waals surface area contributed by atoms with E-state index in [-0.39, 0.29) is 5.91 Å². The van der Waals surface area contributed by atoms with Crippen LogP contribution in [0.1, 0.15) is 24.0 Å². The first-order valence-corrected chi connectivity index (χ1v) is 13.4. The Bertz CT molecular complexity index is 1670. The third-order valence-corrected chi connectivity index (χ3v) is 6.92. The summed E-state index contributed by atoms with van der Waals surface area (Å²) in [5.41, 5.74) is 2.55. The maximum absolute atomic E-state index is 13.6. The summed E-state index contributed by atoms with van der Waals surface area (Å²) in [5.74, 6) is 1.70. The molecule has 1 fully saturated rings. The highest BCUT2D eigenvalue weighted by Gasteiger charge is 2.24. The molecule has 1 aliphatic carbocycles. The lowest BCUT2D eigenvalue weighted by Gasteiger charge is -2.20. The summed E-state index contributed by atoms with van der Waals surface area (Å²) < 4.78 is 1.93. The van der Waals surface area contributed by atoms with Crippen molar-refractivity contribution in [3.8, 4) is 5.82 Å². The van der Waals surface area contributed by atoms with Gasteiger partial charge in [0.05, 0.1) is 6.57 Å². The van der Waals surface area contributed by atoms with Gasteiger partial charge in [0.25, 0.3) is 0 Å². The summed E-state index contributed by atoms with van der Waals surface area (Å²) in [7, 11) is 0. The number of benzene rings is 3. The molecule has 1 aliphatic rings. The van der Waals surface area contributed by atoms with E-state index in [4.69, 9.17) is 16.5 Å². The second-order valence-corrected chi connectivity index (χ2v) is 10.0. The standard InChI is InChI=1S/C32H29N7O/c1-33-26-12-9-22(10-13-26)21-34-31(40)28(19-23-8-11-24-6-2-3-7-25(24)18-23)36-29-20-30(39-16-4-5-17-39)38-32(37-29)35-27-14-15-27/h2-13,16-18,20,27-28H,14-15,19,21H2,(H,34,40)(H2,35,36,37,38). The Balaban J connectivity index is 1.27. The summed E-state index contributed by atoms with van der Waals surface area (Å²) in [4.78, 5) is 26.5. The molecule has 0 spiro atoms. The van der Waals surface area contributed by atoms with Gasteiger partial charge >= 0.3 is 0 Å². The average Bonchev–Trinajstić information content (AvgIpc) is 3.62. The van der Waals surface area contributed by atoms with E-state index in [2.05, 4.69) is 51.1 Å². The SMILES string of the molecule is [C-]#[N+]c1ccc(CNC(=O)C(Cc2ccc3ccccc3c2)Nc2cc(-n3cccc3)nc(NC3CC3)n2)cc1. The van der Waals surface area contributed by atoms with E-state index in [0.29, 0.717) is 36.5 Å². The van der Waals surface area contributed by atoms with E-state index in [9.17, 15) is 4.79 Å². The number of hydrogen-bond acceptors (Lipinski definition) is 5. The third kappa shape index (κ3) is 6.11. The van der Waals surface area contributed by atoms with Gasteiger partial charge in [-0.05, 0) is 46.9 Å². The lowest BCUT2D eigenvalue weighted by molar-refractivity contribution is -0.122. The van der Waals surface area contributed by atoms with Crippen molar-refractivity contribution in [1.29, 1.82) is 0 Å². The van der Waals surface area contributed by atoms with Gasteiger partial charge in [0.15, 0.2) is 5.69 Å². The Kier molecular flexibility index (Phi) is 7.10. The topological polar surface area (TPSA) is 88.2 Å². The molecule has 3 aromatic carbocycles.